The first-order valence-corrected chi connectivity index (χ1v) is 11.5. The van der Waals surface area contributed by atoms with Crippen LogP contribution in [0.1, 0.15) is 34.3 Å². The van der Waals surface area contributed by atoms with Crippen LogP contribution in [0.2, 0.25) is 4.34 Å². The number of esters is 1. The minimum Gasteiger partial charge on any atom is -0.465 e. The zero-order valence-electron chi connectivity index (χ0n) is 14.8. The molecule has 0 radical (unpaired) electrons. The molecule has 0 spiro atoms. The van der Waals surface area contributed by atoms with Crippen molar-refractivity contribution in [3.05, 3.63) is 51.4 Å². The average molecular weight is 426 g/mol. The molecule has 2 aliphatic carbocycles. The van der Waals surface area contributed by atoms with Crippen LogP contribution in [0.15, 0.2) is 34.5 Å². The molecule has 2 bridgehead atoms. The molecule has 1 fully saturated rings. The summed E-state index contributed by atoms with van der Waals surface area (Å²) < 4.78 is 34.0. The summed E-state index contributed by atoms with van der Waals surface area (Å²) in [5, 5.41) is 0. The number of thiophene rings is 1. The molecule has 3 atom stereocenters. The first-order valence-electron chi connectivity index (χ1n) is 8.85. The molecule has 27 heavy (non-hydrogen) atoms. The fourth-order valence-electron chi connectivity index (χ4n) is 4.33. The standard InChI is InChI=1S/C19H20ClNO4S2/c1-25-19(22)14-5-2-11-8-12-3-4-13(9-15(11)10-14)18(12)21-27(23,24)17-7-6-16(20)26-17/h2,5-7,10,12-13,18,21H,3-4,8-9H2,1H3. The molecule has 5 nitrogen and oxygen atoms in total. The highest BCUT2D eigenvalue weighted by Crippen LogP contribution is 2.41. The van der Waals surface area contributed by atoms with Crippen molar-refractivity contribution in [3.8, 4) is 0 Å². The minimum absolute atomic E-state index is 0.107. The molecular weight excluding hydrogens is 406 g/mol. The van der Waals surface area contributed by atoms with E-state index in [0.717, 1.165) is 42.6 Å². The number of rotatable bonds is 4. The Kier molecular flexibility index (Phi) is 5.05. The zero-order chi connectivity index (χ0) is 19.2. The highest BCUT2D eigenvalue weighted by molar-refractivity contribution is 7.91. The lowest BCUT2D eigenvalue weighted by molar-refractivity contribution is 0.0600. The van der Waals surface area contributed by atoms with Gasteiger partial charge >= 0.3 is 5.97 Å². The lowest BCUT2D eigenvalue weighted by Gasteiger charge is -2.23. The van der Waals surface area contributed by atoms with Crippen molar-refractivity contribution in [1.82, 2.24) is 4.72 Å². The number of hydrogen-bond acceptors (Lipinski definition) is 5. The van der Waals surface area contributed by atoms with Crippen LogP contribution >= 0.6 is 22.9 Å². The Balaban J connectivity index is 1.60. The maximum Gasteiger partial charge on any atom is 0.337 e. The molecule has 1 N–H and O–H groups in total. The normalized spacial score (nSPS) is 24.3. The summed E-state index contributed by atoms with van der Waals surface area (Å²) in [4.78, 5) is 11.8. The van der Waals surface area contributed by atoms with Gasteiger partial charge in [0, 0.05) is 6.04 Å². The number of benzene rings is 1. The number of fused-ring (bicyclic) bond motifs is 3. The number of carbonyl (C=O) groups excluding carboxylic acids is 1. The van der Waals surface area contributed by atoms with Gasteiger partial charge in [-0.15, -0.1) is 11.3 Å². The molecule has 8 heteroatoms. The predicted molar refractivity (Wildman–Crippen MR) is 105 cm³/mol. The lowest BCUT2D eigenvalue weighted by atomic mass is 9.92. The molecule has 0 saturated heterocycles. The summed E-state index contributed by atoms with van der Waals surface area (Å²) in [6, 6.07) is 8.71. The lowest BCUT2D eigenvalue weighted by Crippen LogP contribution is -2.41. The first-order chi connectivity index (χ1) is 12.9. The van der Waals surface area contributed by atoms with E-state index in [4.69, 9.17) is 16.3 Å². The van der Waals surface area contributed by atoms with Gasteiger partial charge in [-0.25, -0.2) is 17.9 Å². The number of halogens is 1. The molecule has 1 heterocycles. The quantitative estimate of drug-likeness (QED) is 0.758. The molecule has 4 rings (SSSR count). The number of ether oxygens (including phenoxy) is 1. The number of carbonyl (C=O) groups is 1. The summed E-state index contributed by atoms with van der Waals surface area (Å²) in [6.45, 7) is 0. The van der Waals surface area contributed by atoms with Crippen LogP contribution in [-0.2, 0) is 27.6 Å². The van der Waals surface area contributed by atoms with E-state index in [1.807, 2.05) is 12.1 Å². The van der Waals surface area contributed by atoms with E-state index < -0.39 is 10.0 Å². The van der Waals surface area contributed by atoms with Crippen LogP contribution < -0.4 is 4.72 Å². The second-order valence-electron chi connectivity index (χ2n) is 7.19. The van der Waals surface area contributed by atoms with Crippen molar-refractivity contribution in [1.29, 1.82) is 0 Å². The van der Waals surface area contributed by atoms with E-state index in [2.05, 4.69) is 4.72 Å². The molecule has 144 valence electrons. The van der Waals surface area contributed by atoms with Crippen molar-refractivity contribution < 1.29 is 17.9 Å². The Morgan fingerprint density at radius 3 is 2.48 bits per heavy atom. The Hall–Kier alpha value is -1.41. The van der Waals surface area contributed by atoms with Crippen molar-refractivity contribution in [2.75, 3.05) is 7.11 Å². The molecular formula is C19H20ClNO4S2. The molecule has 2 aromatic rings. The topological polar surface area (TPSA) is 72.5 Å². The maximum absolute atomic E-state index is 12.8. The fraction of sp³-hybridized carbons (Fsp3) is 0.421. The van der Waals surface area contributed by atoms with Crippen LogP contribution in [0.5, 0.6) is 0 Å². The fourth-order valence-corrected chi connectivity index (χ4v) is 7.20. The number of sulfonamides is 1. The summed E-state index contributed by atoms with van der Waals surface area (Å²) in [6.07, 6.45) is 3.55. The zero-order valence-corrected chi connectivity index (χ0v) is 17.2. The first kappa shape index (κ1) is 18.9. The van der Waals surface area contributed by atoms with Gasteiger partial charge in [0.2, 0.25) is 10.0 Å². The van der Waals surface area contributed by atoms with Gasteiger partial charge in [-0.1, -0.05) is 17.7 Å². The molecule has 3 unspecified atom stereocenters. The smallest absolute Gasteiger partial charge is 0.337 e. The molecule has 1 aromatic carbocycles. The third kappa shape index (κ3) is 3.66. The summed E-state index contributed by atoms with van der Waals surface area (Å²) >= 11 is 6.98. The van der Waals surface area contributed by atoms with Gasteiger partial charge in [0.05, 0.1) is 17.0 Å². The minimum atomic E-state index is -3.58. The van der Waals surface area contributed by atoms with Gasteiger partial charge in [-0.2, -0.15) is 0 Å². The Labute approximate surface area is 167 Å². The van der Waals surface area contributed by atoms with Crippen LogP contribution in [0, 0.1) is 11.8 Å². The van der Waals surface area contributed by atoms with Gasteiger partial charge in [0.15, 0.2) is 0 Å². The van der Waals surface area contributed by atoms with Crippen LogP contribution in [-0.4, -0.2) is 27.5 Å². The maximum atomic E-state index is 12.8. The van der Waals surface area contributed by atoms with E-state index in [9.17, 15) is 13.2 Å². The Bertz CT molecular complexity index is 985. The van der Waals surface area contributed by atoms with E-state index in [1.165, 1.54) is 12.7 Å². The molecule has 0 aliphatic heterocycles. The highest BCUT2D eigenvalue weighted by atomic mass is 35.5. The van der Waals surface area contributed by atoms with E-state index in [1.54, 1.807) is 18.2 Å². The van der Waals surface area contributed by atoms with Gasteiger partial charge in [0.25, 0.3) is 0 Å². The molecule has 0 amide bonds. The van der Waals surface area contributed by atoms with E-state index in [-0.39, 0.29) is 28.1 Å². The molecule has 1 aromatic heterocycles. The summed E-state index contributed by atoms with van der Waals surface area (Å²) in [5.41, 5.74) is 2.85. The van der Waals surface area contributed by atoms with Gasteiger partial charge in [0.1, 0.15) is 4.21 Å². The third-order valence-corrected chi connectivity index (χ3v) is 8.80. The van der Waals surface area contributed by atoms with Gasteiger partial charge in [-0.3, -0.25) is 0 Å². The van der Waals surface area contributed by atoms with Crippen LogP contribution in [0.3, 0.4) is 0 Å². The summed E-state index contributed by atoms with van der Waals surface area (Å²) in [5.74, 6) is 0.124. The van der Waals surface area contributed by atoms with E-state index in [0.29, 0.717) is 9.90 Å². The second-order valence-corrected chi connectivity index (χ2v) is 10.8. The predicted octanol–water partition coefficient (Wildman–Crippen LogP) is 3.66. The SMILES string of the molecule is COC(=O)c1ccc2c(c1)CC1CCC(C2)C1NS(=O)(=O)c1ccc(Cl)s1. The summed E-state index contributed by atoms with van der Waals surface area (Å²) in [7, 11) is -2.21. The van der Waals surface area contributed by atoms with E-state index >= 15 is 0 Å². The number of nitrogens with one attached hydrogen (secondary N) is 1. The second kappa shape index (κ2) is 7.20. The van der Waals surface area contributed by atoms with Crippen LogP contribution in [0.25, 0.3) is 0 Å². The van der Waals surface area contributed by atoms with Crippen molar-refractivity contribution in [2.45, 2.75) is 35.9 Å². The number of methoxy groups -OCH3 is 1. The van der Waals surface area contributed by atoms with Gasteiger partial charge in [-0.05, 0) is 72.9 Å². The van der Waals surface area contributed by atoms with Crippen molar-refractivity contribution in [3.63, 3.8) is 0 Å². The monoisotopic (exact) mass is 425 g/mol. The van der Waals surface area contributed by atoms with Crippen LogP contribution in [0.4, 0.5) is 0 Å². The molecule has 1 saturated carbocycles. The highest BCUT2D eigenvalue weighted by Gasteiger charge is 2.41. The van der Waals surface area contributed by atoms with Crippen molar-refractivity contribution >= 4 is 38.9 Å². The Morgan fingerprint density at radius 1 is 1.15 bits per heavy atom. The average Bonchev–Trinajstić information content (AvgIpc) is 3.18. The largest absolute Gasteiger partial charge is 0.465 e. The molecule has 2 aliphatic rings. The number of hydrogen-bond donors (Lipinski definition) is 1. The van der Waals surface area contributed by atoms with Gasteiger partial charge < -0.3 is 4.74 Å². The third-order valence-electron chi connectivity index (χ3n) is 5.62. The van der Waals surface area contributed by atoms with Crippen molar-refractivity contribution in [2.24, 2.45) is 11.8 Å². The Morgan fingerprint density at radius 2 is 1.85 bits per heavy atom.